The molecule has 0 saturated heterocycles. The fraction of sp³-hybridized carbons (Fsp3) is 0.857. The summed E-state index contributed by atoms with van der Waals surface area (Å²) in [6, 6.07) is 0. The third-order valence-electron chi connectivity index (χ3n) is 10.1. The number of unbranched alkanes of at least 4 members (excludes halogenated alkanes) is 3. The van der Waals surface area contributed by atoms with E-state index in [1.54, 1.807) is 5.57 Å². The number of ether oxygens (including phenoxy) is 1. The first kappa shape index (κ1) is 23.1. The Morgan fingerprint density at radius 2 is 1.84 bits per heavy atom. The van der Waals surface area contributed by atoms with Crippen molar-refractivity contribution >= 4 is 11.8 Å². The second-order valence-electron chi connectivity index (χ2n) is 11.7. The molecule has 3 saturated carbocycles. The molecule has 4 rings (SSSR count). The molecule has 4 aliphatic rings. The van der Waals surface area contributed by atoms with Crippen LogP contribution in [0.15, 0.2) is 11.6 Å². The third kappa shape index (κ3) is 4.15. The number of carbonyl (C=O) groups excluding carboxylic acids is 2. The zero-order valence-electron chi connectivity index (χ0n) is 20.4. The summed E-state index contributed by atoms with van der Waals surface area (Å²) in [6.45, 7) is 8.93. The Bertz CT molecular complexity index is 724. The first-order chi connectivity index (χ1) is 14.8. The molecule has 0 heterocycles. The molecule has 174 valence electrons. The zero-order valence-corrected chi connectivity index (χ0v) is 20.4. The highest BCUT2D eigenvalue weighted by Gasteiger charge is 2.59. The number of carbonyl (C=O) groups is 2. The van der Waals surface area contributed by atoms with Gasteiger partial charge in [0, 0.05) is 18.8 Å². The van der Waals surface area contributed by atoms with Crippen molar-refractivity contribution in [3.05, 3.63) is 11.6 Å². The normalized spacial score (nSPS) is 41.5. The molecule has 31 heavy (non-hydrogen) atoms. The van der Waals surface area contributed by atoms with Gasteiger partial charge in [0.25, 0.3) is 0 Å². The SMILES string of the molecule is CCCCCCC(=O)O[C@H]1CC[C@@]2(C)C(=CC[C@H]3[C@@H]4CC[C@H](C(C)=O)[C@@]4(C)CC[C@@H]32)C1. The molecular weight excluding hydrogens is 384 g/mol. The van der Waals surface area contributed by atoms with E-state index in [9.17, 15) is 9.59 Å². The topological polar surface area (TPSA) is 43.4 Å². The molecule has 3 nitrogen and oxygen atoms in total. The van der Waals surface area contributed by atoms with Crippen LogP contribution in [0.1, 0.15) is 111 Å². The molecule has 3 heteroatoms. The first-order valence-corrected chi connectivity index (χ1v) is 13.2. The van der Waals surface area contributed by atoms with Crippen LogP contribution in [-0.4, -0.2) is 17.9 Å². The van der Waals surface area contributed by atoms with Gasteiger partial charge in [-0.15, -0.1) is 0 Å². The van der Waals surface area contributed by atoms with Crippen molar-refractivity contribution in [3.63, 3.8) is 0 Å². The molecule has 7 atom stereocenters. The van der Waals surface area contributed by atoms with Crippen molar-refractivity contribution in [2.24, 2.45) is 34.5 Å². The second kappa shape index (κ2) is 9.02. The number of fused-ring (bicyclic) bond motifs is 5. The summed E-state index contributed by atoms with van der Waals surface area (Å²) in [5.41, 5.74) is 2.05. The summed E-state index contributed by atoms with van der Waals surface area (Å²) in [6.07, 6.45) is 16.8. The molecule has 0 aromatic heterocycles. The van der Waals surface area contributed by atoms with Crippen LogP contribution in [0.2, 0.25) is 0 Å². The van der Waals surface area contributed by atoms with Crippen molar-refractivity contribution in [1.82, 2.24) is 0 Å². The minimum atomic E-state index is 0.00801. The summed E-state index contributed by atoms with van der Waals surface area (Å²) in [4.78, 5) is 24.6. The predicted octanol–water partition coefficient (Wildman–Crippen LogP) is 7.04. The molecular formula is C28H44O3. The van der Waals surface area contributed by atoms with Gasteiger partial charge >= 0.3 is 5.97 Å². The Morgan fingerprint density at radius 3 is 2.58 bits per heavy atom. The lowest BCUT2D eigenvalue weighted by Gasteiger charge is -2.58. The number of hydrogen-bond donors (Lipinski definition) is 0. The smallest absolute Gasteiger partial charge is 0.306 e. The van der Waals surface area contributed by atoms with Crippen LogP contribution >= 0.6 is 0 Å². The van der Waals surface area contributed by atoms with Gasteiger partial charge < -0.3 is 4.74 Å². The highest BCUT2D eigenvalue weighted by molar-refractivity contribution is 5.79. The highest BCUT2D eigenvalue weighted by Crippen LogP contribution is 2.66. The van der Waals surface area contributed by atoms with Gasteiger partial charge in [-0.25, -0.2) is 0 Å². The van der Waals surface area contributed by atoms with E-state index < -0.39 is 0 Å². The van der Waals surface area contributed by atoms with Crippen LogP contribution < -0.4 is 0 Å². The lowest BCUT2D eigenvalue weighted by Crippen LogP contribution is -2.51. The minimum Gasteiger partial charge on any atom is -0.462 e. The maximum atomic E-state index is 12.3. The van der Waals surface area contributed by atoms with Crippen LogP contribution in [0.3, 0.4) is 0 Å². The number of rotatable bonds is 7. The maximum Gasteiger partial charge on any atom is 0.306 e. The van der Waals surface area contributed by atoms with Gasteiger partial charge in [-0.3, -0.25) is 9.59 Å². The average Bonchev–Trinajstić information content (AvgIpc) is 3.09. The number of hydrogen-bond acceptors (Lipinski definition) is 3. The van der Waals surface area contributed by atoms with Gasteiger partial charge in [0.1, 0.15) is 11.9 Å². The molecule has 0 spiro atoms. The summed E-state index contributed by atoms with van der Waals surface area (Å²) in [7, 11) is 0. The summed E-state index contributed by atoms with van der Waals surface area (Å²) in [5.74, 6) is 2.88. The predicted molar refractivity (Wildman–Crippen MR) is 125 cm³/mol. The van der Waals surface area contributed by atoms with E-state index in [1.165, 1.54) is 32.1 Å². The Kier molecular flexibility index (Phi) is 6.71. The van der Waals surface area contributed by atoms with Crippen LogP contribution in [0.5, 0.6) is 0 Å². The van der Waals surface area contributed by atoms with E-state index in [2.05, 4.69) is 26.8 Å². The van der Waals surface area contributed by atoms with E-state index in [1.807, 2.05) is 6.92 Å². The number of ketones is 1. The van der Waals surface area contributed by atoms with Gasteiger partial charge in [-0.05, 0) is 86.9 Å². The van der Waals surface area contributed by atoms with E-state index in [0.29, 0.717) is 18.1 Å². The first-order valence-electron chi connectivity index (χ1n) is 13.2. The van der Waals surface area contributed by atoms with Crippen LogP contribution in [0.4, 0.5) is 0 Å². The standard InChI is InChI=1S/C28H44O3/c1-5-6-7-8-9-26(30)31-21-14-16-27(3)20(18-21)10-11-22-24-13-12-23(19(2)29)28(24,4)17-15-25(22)27/h10,21-25H,5-9,11-18H2,1-4H3/t21-,22-,23+,24-,25-,27-,28+/m0/s1. The molecule has 0 aromatic rings. The Hall–Kier alpha value is -1.12. The lowest BCUT2D eigenvalue weighted by molar-refractivity contribution is -0.151. The van der Waals surface area contributed by atoms with Gasteiger partial charge in [0.05, 0.1) is 0 Å². The molecule has 0 aromatic carbocycles. The van der Waals surface area contributed by atoms with Crippen LogP contribution in [0, 0.1) is 34.5 Å². The zero-order chi connectivity index (χ0) is 22.2. The molecule has 0 aliphatic heterocycles. The largest absolute Gasteiger partial charge is 0.462 e. The minimum absolute atomic E-state index is 0.00801. The van der Waals surface area contributed by atoms with Crippen molar-refractivity contribution < 1.29 is 14.3 Å². The second-order valence-corrected chi connectivity index (χ2v) is 11.7. The van der Waals surface area contributed by atoms with Gasteiger partial charge in [-0.2, -0.15) is 0 Å². The Labute approximate surface area is 189 Å². The van der Waals surface area contributed by atoms with Crippen molar-refractivity contribution in [3.8, 4) is 0 Å². The van der Waals surface area contributed by atoms with Crippen molar-refractivity contribution in [2.75, 3.05) is 0 Å². The average molecular weight is 429 g/mol. The van der Waals surface area contributed by atoms with Crippen LogP contribution in [0.25, 0.3) is 0 Å². The van der Waals surface area contributed by atoms with Crippen molar-refractivity contribution in [2.45, 2.75) is 117 Å². The lowest BCUT2D eigenvalue weighted by atomic mass is 9.47. The number of Topliss-reactive ketones (excluding diaryl/α,β-unsaturated/α-hetero) is 1. The number of allylic oxidation sites excluding steroid dienone is 1. The quantitative estimate of drug-likeness (QED) is 0.248. The van der Waals surface area contributed by atoms with Gasteiger partial charge in [0.15, 0.2) is 0 Å². The molecule has 4 aliphatic carbocycles. The summed E-state index contributed by atoms with van der Waals surface area (Å²) < 4.78 is 5.91. The van der Waals surface area contributed by atoms with E-state index in [4.69, 9.17) is 4.74 Å². The molecule has 0 N–H and O–H groups in total. The Morgan fingerprint density at radius 1 is 1.03 bits per heavy atom. The maximum absolute atomic E-state index is 12.3. The fourth-order valence-electron chi connectivity index (χ4n) is 8.34. The van der Waals surface area contributed by atoms with E-state index in [0.717, 1.165) is 56.8 Å². The molecule has 0 amide bonds. The van der Waals surface area contributed by atoms with E-state index in [-0.39, 0.29) is 28.8 Å². The van der Waals surface area contributed by atoms with Gasteiger partial charge in [-0.1, -0.05) is 51.7 Å². The molecule has 3 fully saturated rings. The number of esters is 1. The van der Waals surface area contributed by atoms with Crippen molar-refractivity contribution in [1.29, 1.82) is 0 Å². The monoisotopic (exact) mass is 428 g/mol. The Balaban J connectivity index is 1.41. The summed E-state index contributed by atoms with van der Waals surface area (Å²) >= 11 is 0. The molecule has 0 bridgehead atoms. The highest BCUT2D eigenvalue weighted by atomic mass is 16.5. The molecule has 0 unspecified atom stereocenters. The fourth-order valence-corrected chi connectivity index (χ4v) is 8.34. The van der Waals surface area contributed by atoms with E-state index >= 15 is 0 Å². The third-order valence-corrected chi connectivity index (χ3v) is 10.1. The summed E-state index contributed by atoms with van der Waals surface area (Å²) in [5, 5.41) is 0. The van der Waals surface area contributed by atoms with Gasteiger partial charge in [0.2, 0.25) is 0 Å². The van der Waals surface area contributed by atoms with Crippen LogP contribution in [-0.2, 0) is 14.3 Å². The molecule has 0 radical (unpaired) electrons.